The minimum Gasteiger partial charge on any atom is -0.349 e. The molecular formula is C21H18N6O2. The van der Waals surface area contributed by atoms with E-state index in [-0.39, 0.29) is 18.4 Å². The molecule has 3 aromatic rings. The van der Waals surface area contributed by atoms with Crippen LogP contribution < -0.4 is 5.32 Å². The number of nitriles is 1. The Morgan fingerprint density at radius 1 is 1.24 bits per heavy atom. The van der Waals surface area contributed by atoms with E-state index in [9.17, 15) is 9.59 Å². The highest BCUT2D eigenvalue weighted by Crippen LogP contribution is 2.23. The Hall–Kier alpha value is -3.99. The summed E-state index contributed by atoms with van der Waals surface area (Å²) in [6.45, 7) is 0.866. The zero-order valence-corrected chi connectivity index (χ0v) is 15.5. The van der Waals surface area contributed by atoms with Gasteiger partial charge in [-0.25, -0.2) is 4.98 Å². The topological polar surface area (TPSA) is 104 Å². The maximum absolute atomic E-state index is 13.0. The molecule has 1 atom stereocenters. The lowest BCUT2D eigenvalue weighted by Crippen LogP contribution is -2.46. The number of aromatic nitrogens is 3. The molecule has 1 aliphatic heterocycles. The quantitative estimate of drug-likeness (QED) is 0.734. The summed E-state index contributed by atoms with van der Waals surface area (Å²) >= 11 is 0. The lowest BCUT2D eigenvalue weighted by atomic mass is 10.1. The van der Waals surface area contributed by atoms with Crippen molar-refractivity contribution in [3.63, 3.8) is 0 Å². The molecule has 0 saturated carbocycles. The number of nitrogens with zero attached hydrogens (tertiary/aromatic N) is 5. The van der Waals surface area contributed by atoms with Crippen molar-refractivity contribution in [2.75, 3.05) is 6.54 Å². The monoisotopic (exact) mass is 386 g/mol. The highest BCUT2D eigenvalue weighted by molar-refractivity contribution is 5.95. The molecule has 0 bridgehead atoms. The molecule has 0 saturated heterocycles. The Morgan fingerprint density at radius 2 is 2.14 bits per heavy atom. The predicted molar refractivity (Wildman–Crippen MR) is 103 cm³/mol. The molecular weight excluding hydrogens is 368 g/mol. The van der Waals surface area contributed by atoms with Crippen LogP contribution in [0.4, 0.5) is 0 Å². The van der Waals surface area contributed by atoms with E-state index in [2.05, 4.69) is 15.3 Å². The van der Waals surface area contributed by atoms with E-state index >= 15 is 0 Å². The summed E-state index contributed by atoms with van der Waals surface area (Å²) in [6.07, 6.45) is 4.94. The highest BCUT2D eigenvalue weighted by Gasteiger charge is 2.32. The van der Waals surface area contributed by atoms with Crippen LogP contribution in [0.15, 0.2) is 61.2 Å². The van der Waals surface area contributed by atoms with Gasteiger partial charge in [0.25, 0.3) is 5.91 Å². The number of imidazole rings is 1. The molecule has 0 radical (unpaired) electrons. The number of nitrogens with one attached hydrogen (secondary N) is 1. The Morgan fingerprint density at radius 3 is 2.93 bits per heavy atom. The fraction of sp³-hybridized carbons (Fsp3) is 0.190. The van der Waals surface area contributed by atoms with E-state index in [0.29, 0.717) is 24.2 Å². The first-order valence-corrected chi connectivity index (χ1v) is 9.13. The molecule has 8 heteroatoms. The molecule has 0 unspecified atom stereocenters. The number of carbonyl (C=O) groups excluding carboxylic acids is 2. The summed E-state index contributed by atoms with van der Waals surface area (Å²) < 4.78 is 1.79. The third-order valence-electron chi connectivity index (χ3n) is 4.83. The van der Waals surface area contributed by atoms with Gasteiger partial charge in [0, 0.05) is 18.0 Å². The third-order valence-corrected chi connectivity index (χ3v) is 4.83. The van der Waals surface area contributed by atoms with Crippen molar-refractivity contribution >= 4 is 11.8 Å². The van der Waals surface area contributed by atoms with Crippen LogP contribution in [-0.2, 0) is 17.9 Å². The van der Waals surface area contributed by atoms with Crippen molar-refractivity contribution in [3.8, 4) is 6.07 Å². The van der Waals surface area contributed by atoms with Gasteiger partial charge in [0.15, 0.2) is 0 Å². The van der Waals surface area contributed by atoms with Gasteiger partial charge in [-0.05, 0) is 30.3 Å². The Labute approximate surface area is 167 Å². The highest BCUT2D eigenvalue weighted by atomic mass is 16.2. The summed E-state index contributed by atoms with van der Waals surface area (Å²) in [4.78, 5) is 35.8. The van der Waals surface area contributed by atoms with E-state index in [1.807, 2.05) is 24.3 Å². The molecule has 0 aliphatic carbocycles. The van der Waals surface area contributed by atoms with Crippen LogP contribution in [0.2, 0.25) is 0 Å². The second-order valence-electron chi connectivity index (χ2n) is 6.73. The normalized spacial score (nSPS) is 15.3. The van der Waals surface area contributed by atoms with Crippen molar-refractivity contribution in [3.05, 3.63) is 83.7 Å². The number of hydrogen-bond acceptors (Lipinski definition) is 5. The number of pyridine rings is 1. The molecule has 0 fully saturated rings. The average Bonchev–Trinajstić information content (AvgIpc) is 3.25. The summed E-state index contributed by atoms with van der Waals surface area (Å²) in [7, 11) is 0. The molecule has 2 amide bonds. The Balaban J connectivity index is 1.53. The van der Waals surface area contributed by atoms with E-state index in [0.717, 1.165) is 11.4 Å². The lowest BCUT2D eigenvalue weighted by Gasteiger charge is -2.33. The number of fused-ring (bicyclic) bond motifs is 1. The maximum Gasteiger partial charge on any atom is 0.254 e. The van der Waals surface area contributed by atoms with Crippen LogP contribution in [0.3, 0.4) is 0 Å². The first kappa shape index (κ1) is 18.4. The minimum atomic E-state index is -0.590. The number of rotatable bonds is 4. The molecule has 1 aromatic carbocycles. The number of amides is 2. The minimum absolute atomic E-state index is 0.210. The van der Waals surface area contributed by atoms with Gasteiger partial charge >= 0.3 is 0 Å². The van der Waals surface area contributed by atoms with Gasteiger partial charge < -0.3 is 14.8 Å². The molecule has 4 rings (SSSR count). The first-order chi connectivity index (χ1) is 14.2. The molecule has 3 heterocycles. The molecule has 8 nitrogen and oxygen atoms in total. The van der Waals surface area contributed by atoms with Crippen LogP contribution in [0.25, 0.3) is 0 Å². The van der Waals surface area contributed by atoms with Gasteiger partial charge in [0.1, 0.15) is 6.04 Å². The molecule has 1 aliphatic rings. The summed E-state index contributed by atoms with van der Waals surface area (Å²) in [6, 6.07) is 13.5. The summed E-state index contributed by atoms with van der Waals surface area (Å²) in [5.74, 6) is -0.435. The molecule has 1 N–H and O–H groups in total. The zero-order chi connectivity index (χ0) is 20.2. The van der Waals surface area contributed by atoms with Gasteiger partial charge in [0.05, 0.1) is 49.0 Å². The van der Waals surface area contributed by atoms with Crippen molar-refractivity contribution < 1.29 is 9.59 Å². The van der Waals surface area contributed by atoms with E-state index in [1.165, 1.54) is 0 Å². The van der Waals surface area contributed by atoms with Crippen LogP contribution >= 0.6 is 0 Å². The first-order valence-electron chi connectivity index (χ1n) is 9.13. The third kappa shape index (κ3) is 3.84. The molecule has 0 spiro atoms. The van der Waals surface area contributed by atoms with Gasteiger partial charge in [0.2, 0.25) is 5.91 Å². The number of carbonyl (C=O) groups is 2. The lowest BCUT2D eigenvalue weighted by molar-refractivity contribution is -0.125. The molecule has 2 aromatic heterocycles. The average molecular weight is 386 g/mol. The summed E-state index contributed by atoms with van der Waals surface area (Å²) in [5, 5.41) is 12.0. The predicted octanol–water partition coefficient (Wildman–Crippen LogP) is 1.66. The smallest absolute Gasteiger partial charge is 0.254 e. The Bertz CT molecular complexity index is 1090. The fourth-order valence-corrected chi connectivity index (χ4v) is 3.36. The van der Waals surface area contributed by atoms with Crippen LogP contribution in [-0.4, -0.2) is 37.8 Å². The second-order valence-corrected chi connectivity index (χ2v) is 6.73. The van der Waals surface area contributed by atoms with Gasteiger partial charge in [-0.15, -0.1) is 0 Å². The number of benzene rings is 1. The van der Waals surface area contributed by atoms with Gasteiger partial charge in [-0.2, -0.15) is 5.26 Å². The van der Waals surface area contributed by atoms with E-state index < -0.39 is 6.04 Å². The summed E-state index contributed by atoms with van der Waals surface area (Å²) in [5.41, 5.74) is 2.37. The number of hydrogen-bond donors (Lipinski definition) is 1. The van der Waals surface area contributed by atoms with Crippen molar-refractivity contribution in [2.24, 2.45) is 0 Å². The zero-order valence-electron chi connectivity index (χ0n) is 15.5. The largest absolute Gasteiger partial charge is 0.349 e. The standard InChI is InChI=1S/C21H18N6O2/c22-9-15-4-3-5-16(8-15)21(29)26-12-18-11-23-14-27(18)19(13-26)20(28)25-10-17-6-1-2-7-24-17/h1-8,11,14,19H,10,12-13H2,(H,25,28)/t19-/m0/s1. The van der Waals surface area contributed by atoms with Crippen LogP contribution in [0.1, 0.15) is 33.4 Å². The Kier molecular flexibility index (Phi) is 5.03. The fourth-order valence-electron chi connectivity index (χ4n) is 3.36. The van der Waals surface area contributed by atoms with Crippen molar-refractivity contribution in [1.29, 1.82) is 5.26 Å². The van der Waals surface area contributed by atoms with Gasteiger partial charge in [-0.3, -0.25) is 14.6 Å². The van der Waals surface area contributed by atoms with Crippen LogP contribution in [0.5, 0.6) is 0 Å². The van der Waals surface area contributed by atoms with Gasteiger partial charge in [-0.1, -0.05) is 12.1 Å². The maximum atomic E-state index is 13.0. The van der Waals surface area contributed by atoms with Crippen molar-refractivity contribution in [1.82, 2.24) is 24.8 Å². The van der Waals surface area contributed by atoms with E-state index in [1.54, 1.807) is 52.5 Å². The van der Waals surface area contributed by atoms with Crippen molar-refractivity contribution in [2.45, 2.75) is 19.1 Å². The molecule has 144 valence electrons. The molecule has 29 heavy (non-hydrogen) atoms. The second kappa shape index (κ2) is 7.94. The SMILES string of the molecule is N#Cc1cccc(C(=O)N2Cc3cncn3[C@H](C(=O)NCc3ccccn3)C2)c1. The van der Waals surface area contributed by atoms with E-state index in [4.69, 9.17) is 5.26 Å². The van der Waals surface area contributed by atoms with Crippen LogP contribution in [0, 0.1) is 11.3 Å².